The van der Waals surface area contributed by atoms with Crippen molar-refractivity contribution >= 4 is 23.5 Å². The van der Waals surface area contributed by atoms with Gasteiger partial charge in [-0.3, -0.25) is 19.7 Å². The molecular weight excluding hydrogens is 378 g/mol. The molecule has 0 bridgehead atoms. The minimum absolute atomic E-state index is 0.0166. The first-order valence-electron chi connectivity index (χ1n) is 8.75. The zero-order chi connectivity index (χ0) is 21.7. The average molecular weight is 399 g/mol. The van der Waals surface area contributed by atoms with Crippen molar-refractivity contribution < 1.29 is 24.4 Å². The lowest BCUT2D eigenvalue weighted by Crippen LogP contribution is -2.47. The molecule has 0 aromatic heterocycles. The lowest BCUT2D eigenvalue weighted by atomic mass is 10.0. The van der Waals surface area contributed by atoms with Crippen LogP contribution < -0.4 is 10.6 Å². The van der Waals surface area contributed by atoms with Gasteiger partial charge in [-0.25, -0.2) is 4.79 Å². The second kappa shape index (κ2) is 8.96. The minimum atomic E-state index is -1.28. The Balaban J connectivity index is 2.12. The molecule has 2 amide bonds. The zero-order valence-corrected chi connectivity index (χ0v) is 16.1. The smallest absolute Gasteiger partial charge is 0.330 e. The van der Waals surface area contributed by atoms with Crippen LogP contribution in [0.25, 0.3) is 0 Å². The van der Waals surface area contributed by atoms with Gasteiger partial charge in [0.15, 0.2) is 6.04 Å². The third kappa shape index (κ3) is 5.61. The molecule has 2 aromatic rings. The number of aryl methyl sites for hydroxylation is 2. The number of benzene rings is 2. The van der Waals surface area contributed by atoms with E-state index in [4.69, 9.17) is 0 Å². The number of carbonyl (C=O) groups excluding carboxylic acids is 2. The van der Waals surface area contributed by atoms with Gasteiger partial charge in [-0.05, 0) is 32.4 Å². The quantitative estimate of drug-likeness (QED) is 0.482. The molecule has 2 aromatic carbocycles. The number of aliphatic carboxylic acids is 1. The summed E-state index contributed by atoms with van der Waals surface area (Å²) >= 11 is 0. The molecule has 9 heteroatoms. The SMILES string of the molecule is Cc1cc(C)cc(C(NC(=O)C(C)NC(=O)c2cccc([N+](=O)[O-])c2)C(=O)O)c1. The maximum Gasteiger partial charge on any atom is 0.330 e. The molecule has 2 unspecified atom stereocenters. The lowest BCUT2D eigenvalue weighted by Gasteiger charge is -2.20. The number of nitro groups is 1. The van der Waals surface area contributed by atoms with Gasteiger partial charge in [0.25, 0.3) is 11.6 Å². The van der Waals surface area contributed by atoms with E-state index in [2.05, 4.69) is 10.6 Å². The van der Waals surface area contributed by atoms with E-state index in [9.17, 15) is 29.6 Å². The maximum absolute atomic E-state index is 12.4. The van der Waals surface area contributed by atoms with Crippen LogP contribution in [0.1, 0.15) is 40.0 Å². The van der Waals surface area contributed by atoms with Gasteiger partial charge in [-0.1, -0.05) is 35.4 Å². The Labute approximate surface area is 166 Å². The molecule has 0 spiro atoms. The van der Waals surface area contributed by atoms with Gasteiger partial charge >= 0.3 is 5.97 Å². The summed E-state index contributed by atoms with van der Waals surface area (Å²) in [4.78, 5) is 46.6. The zero-order valence-electron chi connectivity index (χ0n) is 16.1. The fourth-order valence-corrected chi connectivity index (χ4v) is 2.84. The number of carboxylic acid groups (broad SMARTS) is 1. The summed E-state index contributed by atoms with van der Waals surface area (Å²) < 4.78 is 0. The van der Waals surface area contributed by atoms with Crippen molar-refractivity contribution in [2.75, 3.05) is 0 Å². The monoisotopic (exact) mass is 399 g/mol. The molecule has 0 saturated heterocycles. The number of non-ortho nitro benzene ring substituents is 1. The highest BCUT2D eigenvalue weighted by molar-refractivity contribution is 5.98. The van der Waals surface area contributed by atoms with Crippen LogP contribution in [0.2, 0.25) is 0 Å². The van der Waals surface area contributed by atoms with Crippen molar-refractivity contribution in [3.63, 3.8) is 0 Å². The molecule has 0 aliphatic heterocycles. The maximum atomic E-state index is 12.4. The van der Waals surface area contributed by atoms with E-state index in [0.717, 1.165) is 17.2 Å². The number of nitro benzene ring substituents is 1. The molecule has 3 N–H and O–H groups in total. The Bertz CT molecular complexity index is 952. The molecule has 9 nitrogen and oxygen atoms in total. The fourth-order valence-electron chi connectivity index (χ4n) is 2.84. The van der Waals surface area contributed by atoms with Crippen molar-refractivity contribution in [2.24, 2.45) is 0 Å². The minimum Gasteiger partial charge on any atom is -0.479 e. The van der Waals surface area contributed by atoms with Crippen molar-refractivity contribution in [2.45, 2.75) is 32.9 Å². The predicted octanol–water partition coefficient (Wildman–Crippen LogP) is 2.27. The highest BCUT2D eigenvalue weighted by Gasteiger charge is 2.26. The van der Waals surface area contributed by atoms with Crippen LogP contribution in [0, 0.1) is 24.0 Å². The van der Waals surface area contributed by atoms with E-state index < -0.39 is 34.8 Å². The lowest BCUT2D eigenvalue weighted by molar-refractivity contribution is -0.384. The molecule has 0 saturated carbocycles. The van der Waals surface area contributed by atoms with E-state index >= 15 is 0 Å². The molecule has 2 atom stereocenters. The Kier molecular flexibility index (Phi) is 6.66. The van der Waals surface area contributed by atoms with Gasteiger partial charge in [0, 0.05) is 17.7 Å². The first-order valence-corrected chi connectivity index (χ1v) is 8.75. The summed E-state index contributed by atoms with van der Waals surface area (Å²) in [6.07, 6.45) is 0. The summed E-state index contributed by atoms with van der Waals surface area (Å²) in [5.41, 5.74) is 1.89. The van der Waals surface area contributed by atoms with Gasteiger partial charge in [0.05, 0.1) is 4.92 Å². The molecule has 0 fully saturated rings. The average Bonchev–Trinajstić information content (AvgIpc) is 2.64. The highest BCUT2D eigenvalue weighted by atomic mass is 16.6. The van der Waals surface area contributed by atoms with Crippen molar-refractivity contribution in [3.05, 3.63) is 74.8 Å². The first kappa shape index (κ1) is 21.5. The Morgan fingerprint density at radius 3 is 2.21 bits per heavy atom. The second-order valence-electron chi connectivity index (χ2n) is 6.70. The molecule has 152 valence electrons. The molecule has 0 radical (unpaired) electrons. The topological polar surface area (TPSA) is 139 Å². The largest absolute Gasteiger partial charge is 0.479 e. The summed E-state index contributed by atoms with van der Waals surface area (Å²) in [6, 6.07) is 7.95. The van der Waals surface area contributed by atoms with E-state index in [-0.39, 0.29) is 11.3 Å². The number of rotatable bonds is 7. The van der Waals surface area contributed by atoms with E-state index in [1.165, 1.54) is 25.1 Å². The van der Waals surface area contributed by atoms with Crippen LogP contribution in [-0.2, 0) is 9.59 Å². The van der Waals surface area contributed by atoms with Crippen LogP contribution in [0.5, 0.6) is 0 Å². The number of amides is 2. The standard InChI is InChI=1S/C20H21N3O6/c1-11-7-12(2)9-15(8-11)17(20(26)27)22-18(24)13(3)21-19(25)14-5-4-6-16(10-14)23(28)29/h4-10,13,17H,1-3H3,(H,21,25)(H,22,24)(H,26,27). The number of nitrogens with zero attached hydrogens (tertiary/aromatic N) is 1. The van der Waals surface area contributed by atoms with Crippen LogP contribution in [0.3, 0.4) is 0 Å². The molecule has 0 aliphatic carbocycles. The molecular formula is C20H21N3O6. The van der Waals surface area contributed by atoms with Gasteiger partial charge in [0.2, 0.25) is 5.91 Å². The normalized spacial score (nSPS) is 12.5. The number of carboxylic acids is 1. The third-order valence-corrected chi connectivity index (χ3v) is 4.17. The first-order chi connectivity index (χ1) is 13.6. The molecule has 29 heavy (non-hydrogen) atoms. The van der Waals surface area contributed by atoms with Gasteiger partial charge in [-0.15, -0.1) is 0 Å². The van der Waals surface area contributed by atoms with Crippen molar-refractivity contribution in [3.8, 4) is 0 Å². The van der Waals surface area contributed by atoms with Crippen LogP contribution in [0.4, 0.5) is 5.69 Å². The van der Waals surface area contributed by atoms with E-state index in [0.29, 0.717) is 5.56 Å². The van der Waals surface area contributed by atoms with Gasteiger partial charge in [-0.2, -0.15) is 0 Å². The van der Waals surface area contributed by atoms with E-state index in [1.54, 1.807) is 12.1 Å². The van der Waals surface area contributed by atoms with Crippen molar-refractivity contribution in [1.29, 1.82) is 0 Å². The molecule has 0 aliphatic rings. The third-order valence-electron chi connectivity index (χ3n) is 4.17. The molecule has 0 heterocycles. The Morgan fingerprint density at radius 1 is 1.03 bits per heavy atom. The number of hydrogen-bond acceptors (Lipinski definition) is 5. The van der Waals surface area contributed by atoms with Crippen molar-refractivity contribution in [1.82, 2.24) is 10.6 Å². The number of hydrogen-bond donors (Lipinski definition) is 3. The van der Waals surface area contributed by atoms with Gasteiger partial charge in [0.1, 0.15) is 6.04 Å². The summed E-state index contributed by atoms with van der Waals surface area (Å²) in [6.45, 7) is 5.03. The Hall–Kier alpha value is -3.75. The number of nitrogens with one attached hydrogen (secondary N) is 2. The van der Waals surface area contributed by atoms with Crippen LogP contribution in [-0.4, -0.2) is 33.9 Å². The Morgan fingerprint density at radius 2 is 1.66 bits per heavy atom. The van der Waals surface area contributed by atoms with Crippen LogP contribution in [0.15, 0.2) is 42.5 Å². The summed E-state index contributed by atoms with van der Waals surface area (Å²) in [7, 11) is 0. The highest BCUT2D eigenvalue weighted by Crippen LogP contribution is 2.18. The molecule has 2 rings (SSSR count). The van der Waals surface area contributed by atoms with Crippen LogP contribution >= 0.6 is 0 Å². The second-order valence-corrected chi connectivity index (χ2v) is 6.70. The predicted molar refractivity (Wildman–Crippen MR) is 104 cm³/mol. The number of carbonyl (C=O) groups is 3. The fraction of sp³-hybridized carbons (Fsp3) is 0.250. The summed E-state index contributed by atoms with van der Waals surface area (Å²) in [5.74, 6) is -2.62. The van der Waals surface area contributed by atoms with E-state index in [1.807, 2.05) is 19.9 Å². The summed E-state index contributed by atoms with van der Waals surface area (Å²) in [5, 5.41) is 25.2. The van der Waals surface area contributed by atoms with Gasteiger partial charge < -0.3 is 15.7 Å².